The van der Waals surface area contributed by atoms with Crippen LogP contribution in [0, 0.1) is 17.6 Å². The van der Waals surface area contributed by atoms with Crippen LogP contribution in [-0.2, 0) is 16.1 Å². The van der Waals surface area contributed by atoms with E-state index in [2.05, 4.69) is 5.32 Å². The lowest BCUT2D eigenvalue weighted by molar-refractivity contribution is -0.135. The van der Waals surface area contributed by atoms with Crippen molar-refractivity contribution in [3.05, 3.63) is 35.4 Å². The topological polar surface area (TPSA) is 41.6 Å². The molecular weight excluding hydrogens is 278 g/mol. The third-order valence-corrected chi connectivity index (χ3v) is 3.64. The number of hydrogen-bond acceptors (Lipinski definition) is 3. The minimum absolute atomic E-state index is 0.00917. The van der Waals surface area contributed by atoms with Gasteiger partial charge in [0.25, 0.3) is 0 Å². The van der Waals surface area contributed by atoms with Gasteiger partial charge in [0.15, 0.2) is 11.6 Å². The number of carbonyl (C=O) groups is 1. The van der Waals surface area contributed by atoms with Crippen LogP contribution in [0.4, 0.5) is 8.78 Å². The Hall–Kier alpha value is -1.53. The zero-order valence-electron chi connectivity index (χ0n) is 12.2. The molecule has 0 saturated carbocycles. The molecule has 1 fully saturated rings. The van der Waals surface area contributed by atoms with E-state index in [0.29, 0.717) is 18.8 Å². The lowest BCUT2D eigenvalue weighted by Gasteiger charge is -2.24. The molecule has 2 rings (SSSR count). The van der Waals surface area contributed by atoms with E-state index >= 15 is 0 Å². The highest BCUT2D eigenvalue weighted by molar-refractivity contribution is 5.79. The maximum Gasteiger partial charge on any atom is 0.229 e. The molecule has 0 aliphatic carbocycles. The van der Waals surface area contributed by atoms with Gasteiger partial charge < -0.3 is 15.0 Å². The van der Waals surface area contributed by atoms with Gasteiger partial charge in [-0.1, -0.05) is 13.0 Å². The molecule has 1 aliphatic heterocycles. The maximum atomic E-state index is 13.2. The Morgan fingerprint density at radius 2 is 2.14 bits per heavy atom. The summed E-state index contributed by atoms with van der Waals surface area (Å²) in [4.78, 5) is 13.9. The average Bonchev–Trinajstić information content (AvgIpc) is 2.90. The summed E-state index contributed by atoms with van der Waals surface area (Å²) < 4.78 is 31.4. The molecule has 1 aromatic carbocycles. The molecule has 0 bridgehead atoms. The van der Waals surface area contributed by atoms with Crippen molar-refractivity contribution in [1.82, 2.24) is 10.2 Å². The number of benzene rings is 1. The number of likely N-dealkylation sites (N-methyl/N-ethyl adjacent to an activating group) is 1. The van der Waals surface area contributed by atoms with Gasteiger partial charge in [0.2, 0.25) is 5.91 Å². The van der Waals surface area contributed by atoms with E-state index in [1.165, 1.54) is 11.0 Å². The molecule has 0 radical (unpaired) electrons. The largest absolute Gasteiger partial charge is 0.379 e. The number of carbonyl (C=O) groups excluding carboxylic acids is 1. The minimum atomic E-state index is -0.900. The third kappa shape index (κ3) is 3.77. The number of amides is 1. The van der Waals surface area contributed by atoms with E-state index in [9.17, 15) is 13.6 Å². The molecule has 1 aromatic rings. The number of ether oxygens (including phenoxy) is 1. The number of hydrogen-bond donors (Lipinski definition) is 1. The Morgan fingerprint density at radius 1 is 1.38 bits per heavy atom. The number of nitrogens with one attached hydrogen (secondary N) is 1. The van der Waals surface area contributed by atoms with Crippen molar-refractivity contribution >= 4 is 5.91 Å². The lowest BCUT2D eigenvalue weighted by atomic mass is 10.0. The number of halogens is 2. The Bertz CT molecular complexity index is 510. The summed E-state index contributed by atoms with van der Waals surface area (Å²) in [5.41, 5.74) is 0.559. The van der Waals surface area contributed by atoms with Crippen molar-refractivity contribution < 1.29 is 18.3 Å². The van der Waals surface area contributed by atoms with Crippen molar-refractivity contribution in [3.8, 4) is 0 Å². The molecule has 0 spiro atoms. The van der Waals surface area contributed by atoms with E-state index in [1.807, 2.05) is 6.92 Å². The Kier molecular flexibility index (Phi) is 5.25. The first kappa shape index (κ1) is 15.9. The predicted molar refractivity (Wildman–Crippen MR) is 74.6 cm³/mol. The van der Waals surface area contributed by atoms with Crippen LogP contribution < -0.4 is 5.32 Å². The molecule has 6 heteroatoms. The number of rotatable bonds is 5. The first-order valence-corrected chi connectivity index (χ1v) is 7.03. The van der Waals surface area contributed by atoms with Crippen LogP contribution in [0.3, 0.4) is 0 Å². The van der Waals surface area contributed by atoms with Crippen molar-refractivity contribution in [1.29, 1.82) is 0 Å². The summed E-state index contributed by atoms with van der Waals surface area (Å²) in [6.07, 6.45) is 0. The van der Waals surface area contributed by atoms with E-state index in [-0.39, 0.29) is 24.4 Å². The van der Waals surface area contributed by atoms with E-state index in [4.69, 9.17) is 4.74 Å². The van der Waals surface area contributed by atoms with Gasteiger partial charge in [-0.3, -0.25) is 4.79 Å². The molecule has 2 atom stereocenters. The Labute approximate surface area is 123 Å². The van der Waals surface area contributed by atoms with Crippen molar-refractivity contribution in [3.63, 3.8) is 0 Å². The van der Waals surface area contributed by atoms with Crippen molar-refractivity contribution in [2.24, 2.45) is 5.92 Å². The smallest absolute Gasteiger partial charge is 0.229 e. The average molecular weight is 298 g/mol. The first-order chi connectivity index (χ1) is 10.0. The van der Waals surface area contributed by atoms with Crippen molar-refractivity contribution in [2.45, 2.75) is 19.5 Å². The van der Waals surface area contributed by atoms with Crippen LogP contribution in [0.1, 0.15) is 12.5 Å². The zero-order chi connectivity index (χ0) is 15.4. The second-order valence-corrected chi connectivity index (χ2v) is 5.25. The Balaban J connectivity index is 2.00. The van der Waals surface area contributed by atoms with Crippen molar-refractivity contribution in [2.75, 3.05) is 26.8 Å². The molecule has 1 amide bonds. The minimum Gasteiger partial charge on any atom is -0.379 e. The summed E-state index contributed by atoms with van der Waals surface area (Å²) in [6, 6.07) is 3.68. The van der Waals surface area contributed by atoms with Crippen LogP contribution in [0.25, 0.3) is 0 Å². The molecule has 4 nitrogen and oxygen atoms in total. The highest BCUT2D eigenvalue weighted by atomic mass is 19.2. The summed E-state index contributed by atoms with van der Waals surface area (Å²) in [5, 5.41) is 3.23. The highest BCUT2D eigenvalue weighted by Crippen LogP contribution is 2.18. The molecule has 1 heterocycles. The van der Waals surface area contributed by atoms with Crippen LogP contribution in [-0.4, -0.2) is 43.7 Å². The third-order valence-electron chi connectivity index (χ3n) is 3.64. The van der Waals surface area contributed by atoms with Gasteiger partial charge in [-0.15, -0.1) is 0 Å². The fraction of sp³-hybridized carbons (Fsp3) is 0.533. The van der Waals surface area contributed by atoms with Gasteiger partial charge >= 0.3 is 0 Å². The molecular formula is C15H20F2N2O2. The zero-order valence-corrected chi connectivity index (χ0v) is 12.2. The van der Waals surface area contributed by atoms with Gasteiger partial charge in [-0.25, -0.2) is 8.78 Å². The van der Waals surface area contributed by atoms with Crippen LogP contribution in [0.5, 0.6) is 0 Å². The Morgan fingerprint density at radius 3 is 2.81 bits per heavy atom. The molecule has 1 aliphatic rings. The monoisotopic (exact) mass is 298 g/mol. The normalized spacial score (nSPS) is 21.5. The lowest BCUT2D eigenvalue weighted by Crippen LogP contribution is -2.44. The molecule has 0 aromatic heterocycles. The highest BCUT2D eigenvalue weighted by Gasteiger charge is 2.35. The second kappa shape index (κ2) is 6.95. The van der Waals surface area contributed by atoms with Gasteiger partial charge in [-0.2, -0.15) is 0 Å². The molecule has 1 saturated heterocycles. The van der Waals surface area contributed by atoms with Gasteiger partial charge in [-0.05, 0) is 24.2 Å². The fourth-order valence-electron chi connectivity index (χ4n) is 2.53. The number of nitrogens with zero attached hydrogens (tertiary/aromatic N) is 1. The van der Waals surface area contributed by atoms with Gasteiger partial charge in [0.05, 0.1) is 19.1 Å². The summed E-state index contributed by atoms with van der Waals surface area (Å²) in [5.74, 6) is -2.07. The first-order valence-electron chi connectivity index (χ1n) is 7.03. The van der Waals surface area contributed by atoms with Crippen LogP contribution in [0.2, 0.25) is 0 Å². The predicted octanol–water partition coefficient (Wildman–Crippen LogP) is 1.55. The fourth-order valence-corrected chi connectivity index (χ4v) is 2.53. The molecule has 2 unspecified atom stereocenters. The maximum absolute atomic E-state index is 13.2. The van der Waals surface area contributed by atoms with E-state index < -0.39 is 11.6 Å². The molecule has 116 valence electrons. The SMILES string of the molecule is CCNC1COCC1C(=O)N(C)Cc1ccc(F)c(F)c1. The van der Waals surface area contributed by atoms with Crippen LogP contribution in [0.15, 0.2) is 18.2 Å². The van der Waals surface area contributed by atoms with Gasteiger partial charge in [0.1, 0.15) is 0 Å². The van der Waals surface area contributed by atoms with Gasteiger partial charge in [0, 0.05) is 19.6 Å². The summed E-state index contributed by atoms with van der Waals surface area (Å²) in [7, 11) is 1.66. The quantitative estimate of drug-likeness (QED) is 0.897. The summed E-state index contributed by atoms with van der Waals surface area (Å²) >= 11 is 0. The van der Waals surface area contributed by atoms with Crippen LogP contribution >= 0.6 is 0 Å². The van der Waals surface area contributed by atoms with E-state index in [0.717, 1.165) is 18.7 Å². The summed E-state index contributed by atoms with van der Waals surface area (Å²) in [6.45, 7) is 3.89. The van der Waals surface area contributed by atoms with E-state index in [1.54, 1.807) is 7.05 Å². The second-order valence-electron chi connectivity index (χ2n) is 5.25. The molecule has 21 heavy (non-hydrogen) atoms. The molecule has 1 N–H and O–H groups in total. The standard InChI is InChI=1S/C15H20F2N2O2/c1-3-18-14-9-21-8-11(14)15(20)19(2)7-10-4-5-12(16)13(17)6-10/h4-6,11,14,18H,3,7-9H2,1-2H3.